The van der Waals surface area contributed by atoms with Crippen LogP contribution in [-0.4, -0.2) is 21.7 Å². The molecule has 2 rings (SSSR count). The minimum atomic E-state index is -4.37. The summed E-state index contributed by atoms with van der Waals surface area (Å²) in [4.78, 5) is 7.82. The van der Waals surface area contributed by atoms with Gasteiger partial charge in [0, 0.05) is 25.6 Å². The predicted octanol–water partition coefficient (Wildman–Crippen LogP) is 2.70. The fraction of sp³-hybridized carbons (Fsp3) is 0.417. The Bertz CT molecular complexity index is 551. The first-order chi connectivity index (χ1) is 9.49. The third-order valence-electron chi connectivity index (χ3n) is 2.56. The van der Waals surface area contributed by atoms with Crippen molar-refractivity contribution in [1.29, 1.82) is 0 Å². The van der Waals surface area contributed by atoms with Crippen molar-refractivity contribution in [2.75, 3.05) is 11.9 Å². The van der Waals surface area contributed by atoms with Crippen LogP contribution in [-0.2, 0) is 19.0 Å². The van der Waals surface area contributed by atoms with Crippen molar-refractivity contribution in [3.8, 4) is 0 Å². The Labute approximate surface area is 113 Å². The molecule has 2 aromatic rings. The summed E-state index contributed by atoms with van der Waals surface area (Å²) in [5, 5.41) is 6.67. The lowest BCUT2D eigenvalue weighted by atomic mass is 10.3. The van der Waals surface area contributed by atoms with Gasteiger partial charge >= 0.3 is 6.18 Å². The quantitative estimate of drug-likeness (QED) is 0.915. The van der Waals surface area contributed by atoms with Crippen LogP contribution in [0.2, 0.25) is 0 Å². The zero-order valence-electron chi connectivity index (χ0n) is 10.7. The highest BCUT2D eigenvalue weighted by Gasteiger charge is 2.30. The molecule has 1 N–H and O–H groups in total. The van der Waals surface area contributed by atoms with E-state index in [1.807, 2.05) is 6.92 Å². The minimum Gasteiger partial charge on any atom is -0.370 e. The zero-order valence-corrected chi connectivity index (χ0v) is 10.7. The molecule has 8 heteroatoms. The maximum atomic E-state index is 12.3. The molecule has 20 heavy (non-hydrogen) atoms. The minimum absolute atomic E-state index is 0.372. The fourth-order valence-electron chi connectivity index (χ4n) is 1.50. The molecule has 0 unspecified atom stereocenters. The molecule has 0 aliphatic carbocycles. The van der Waals surface area contributed by atoms with Gasteiger partial charge in [-0.15, -0.1) is 0 Å². The van der Waals surface area contributed by atoms with Crippen LogP contribution in [0.15, 0.2) is 22.9 Å². The Kier molecular flexibility index (Phi) is 4.21. The summed E-state index contributed by atoms with van der Waals surface area (Å²) in [5.74, 6) is 1.49. The van der Waals surface area contributed by atoms with E-state index in [9.17, 15) is 13.2 Å². The van der Waals surface area contributed by atoms with E-state index < -0.39 is 11.7 Å². The molecule has 0 amide bonds. The number of anilines is 1. The first kappa shape index (κ1) is 14.3. The largest absolute Gasteiger partial charge is 0.417 e. The van der Waals surface area contributed by atoms with E-state index in [1.54, 1.807) is 0 Å². The molecule has 0 aromatic carbocycles. The summed E-state index contributed by atoms with van der Waals surface area (Å²) < 4.78 is 42.0. The van der Waals surface area contributed by atoms with E-state index in [2.05, 4.69) is 20.4 Å². The summed E-state index contributed by atoms with van der Waals surface area (Å²) in [5.41, 5.74) is -0.770. The lowest BCUT2D eigenvalue weighted by molar-refractivity contribution is -0.137. The highest BCUT2D eigenvalue weighted by molar-refractivity contribution is 5.36. The Morgan fingerprint density at radius 2 is 2.10 bits per heavy atom. The molecule has 0 aliphatic rings. The van der Waals surface area contributed by atoms with Gasteiger partial charge in [0.15, 0.2) is 5.82 Å². The third kappa shape index (κ3) is 3.69. The van der Waals surface area contributed by atoms with Crippen LogP contribution < -0.4 is 5.32 Å². The molecule has 108 valence electrons. The van der Waals surface area contributed by atoms with E-state index in [-0.39, 0.29) is 0 Å². The van der Waals surface area contributed by atoms with Crippen LogP contribution in [0, 0.1) is 0 Å². The molecule has 0 aliphatic heterocycles. The SMILES string of the molecule is CCc1nc(CCNc2ccc(C(F)(F)F)cn2)no1. The standard InChI is InChI=1S/C12H13F3N4O/c1-2-11-18-10(19-20-11)5-6-16-9-4-3-8(7-17-9)12(13,14)15/h3-4,7H,2,5-6H2,1H3,(H,16,17). The summed E-state index contributed by atoms with van der Waals surface area (Å²) in [7, 11) is 0. The summed E-state index contributed by atoms with van der Waals surface area (Å²) >= 11 is 0. The van der Waals surface area contributed by atoms with Crippen molar-refractivity contribution < 1.29 is 17.7 Å². The second-order valence-corrected chi connectivity index (χ2v) is 4.06. The average Bonchev–Trinajstić information content (AvgIpc) is 2.86. The van der Waals surface area contributed by atoms with E-state index >= 15 is 0 Å². The van der Waals surface area contributed by atoms with Crippen LogP contribution in [0.25, 0.3) is 0 Å². The molecule has 0 radical (unpaired) electrons. The van der Waals surface area contributed by atoms with Gasteiger partial charge in [0.25, 0.3) is 0 Å². The number of pyridine rings is 1. The molecule has 0 atom stereocenters. The van der Waals surface area contributed by atoms with Crippen LogP contribution >= 0.6 is 0 Å². The molecule has 0 bridgehead atoms. The first-order valence-corrected chi connectivity index (χ1v) is 6.07. The topological polar surface area (TPSA) is 63.8 Å². The van der Waals surface area contributed by atoms with Gasteiger partial charge < -0.3 is 9.84 Å². The number of hydrogen-bond acceptors (Lipinski definition) is 5. The van der Waals surface area contributed by atoms with E-state index in [1.165, 1.54) is 6.07 Å². The molecular weight excluding hydrogens is 273 g/mol. The number of nitrogens with zero attached hydrogens (tertiary/aromatic N) is 3. The number of alkyl halides is 3. The Hall–Kier alpha value is -2.12. The van der Waals surface area contributed by atoms with E-state index in [0.717, 1.165) is 12.3 Å². The summed E-state index contributed by atoms with van der Waals surface area (Å²) in [6, 6.07) is 2.27. The lowest BCUT2D eigenvalue weighted by Crippen LogP contribution is -2.09. The van der Waals surface area contributed by atoms with Crippen molar-refractivity contribution in [2.45, 2.75) is 25.9 Å². The van der Waals surface area contributed by atoms with E-state index in [4.69, 9.17) is 4.52 Å². The summed E-state index contributed by atoms with van der Waals surface area (Å²) in [6.07, 6.45) is -2.40. The Morgan fingerprint density at radius 3 is 2.65 bits per heavy atom. The van der Waals surface area contributed by atoms with Crippen LogP contribution in [0.5, 0.6) is 0 Å². The van der Waals surface area contributed by atoms with Crippen molar-refractivity contribution in [3.63, 3.8) is 0 Å². The van der Waals surface area contributed by atoms with Gasteiger partial charge in [0.1, 0.15) is 5.82 Å². The molecule has 5 nitrogen and oxygen atoms in total. The maximum absolute atomic E-state index is 12.3. The predicted molar refractivity (Wildman–Crippen MR) is 65.1 cm³/mol. The van der Waals surface area contributed by atoms with Crippen molar-refractivity contribution in [1.82, 2.24) is 15.1 Å². The first-order valence-electron chi connectivity index (χ1n) is 6.07. The Balaban J connectivity index is 1.85. The van der Waals surface area contributed by atoms with Gasteiger partial charge in [-0.2, -0.15) is 18.2 Å². The monoisotopic (exact) mass is 286 g/mol. The third-order valence-corrected chi connectivity index (χ3v) is 2.56. The Morgan fingerprint density at radius 1 is 1.30 bits per heavy atom. The maximum Gasteiger partial charge on any atom is 0.417 e. The molecule has 0 spiro atoms. The highest BCUT2D eigenvalue weighted by Crippen LogP contribution is 2.28. The molecule has 0 saturated heterocycles. The second-order valence-electron chi connectivity index (χ2n) is 4.06. The highest BCUT2D eigenvalue weighted by atomic mass is 19.4. The normalized spacial score (nSPS) is 11.6. The molecule has 0 fully saturated rings. The number of rotatable bonds is 5. The number of halogens is 3. The average molecular weight is 286 g/mol. The zero-order chi connectivity index (χ0) is 14.6. The van der Waals surface area contributed by atoms with E-state index in [0.29, 0.717) is 36.9 Å². The smallest absolute Gasteiger partial charge is 0.370 e. The summed E-state index contributed by atoms with van der Waals surface area (Å²) in [6.45, 7) is 2.36. The molecular formula is C12H13F3N4O. The lowest BCUT2D eigenvalue weighted by Gasteiger charge is -2.07. The van der Waals surface area contributed by atoms with Crippen molar-refractivity contribution >= 4 is 5.82 Å². The van der Waals surface area contributed by atoms with Gasteiger partial charge in [-0.05, 0) is 12.1 Å². The second kappa shape index (κ2) is 5.89. The number of aryl methyl sites for hydroxylation is 1. The molecule has 2 aromatic heterocycles. The molecule has 2 heterocycles. The van der Waals surface area contributed by atoms with Crippen LogP contribution in [0.3, 0.4) is 0 Å². The van der Waals surface area contributed by atoms with Crippen molar-refractivity contribution in [2.24, 2.45) is 0 Å². The fourth-order valence-corrected chi connectivity index (χ4v) is 1.50. The number of nitrogens with one attached hydrogen (secondary N) is 1. The van der Waals surface area contributed by atoms with Crippen LogP contribution in [0.1, 0.15) is 24.2 Å². The van der Waals surface area contributed by atoms with Gasteiger partial charge in [-0.3, -0.25) is 0 Å². The number of aromatic nitrogens is 3. The number of hydrogen-bond donors (Lipinski definition) is 1. The van der Waals surface area contributed by atoms with Crippen molar-refractivity contribution in [3.05, 3.63) is 35.6 Å². The van der Waals surface area contributed by atoms with Gasteiger partial charge in [-0.1, -0.05) is 12.1 Å². The van der Waals surface area contributed by atoms with Gasteiger partial charge in [0.2, 0.25) is 5.89 Å². The van der Waals surface area contributed by atoms with Gasteiger partial charge in [0.05, 0.1) is 5.56 Å². The van der Waals surface area contributed by atoms with Crippen LogP contribution in [0.4, 0.5) is 19.0 Å². The molecule has 0 saturated carbocycles. The van der Waals surface area contributed by atoms with Gasteiger partial charge in [-0.25, -0.2) is 4.98 Å².